The van der Waals surface area contributed by atoms with Crippen LogP contribution < -0.4 is 5.32 Å². The van der Waals surface area contributed by atoms with E-state index >= 15 is 0 Å². The highest BCUT2D eigenvalue weighted by molar-refractivity contribution is 5.88. The summed E-state index contributed by atoms with van der Waals surface area (Å²) in [6.07, 6.45) is 2.38. The summed E-state index contributed by atoms with van der Waals surface area (Å²) in [4.78, 5) is 24.1. The number of hydrogen-bond donors (Lipinski definition) is 2. The lowest BCUT2D eigenvalue weighted by Gasteiger charge is -2.37. The number of nitrogens with one attached hydrogen (secondary N) is 1. The van der Waals surface area contributed by atoms with Gasteiger partial charge in [-0.3, -0.25) is 4.79 Å². The first-order chi connectivity index (χ1) is 10.9. The van der Waals surface area contributed by atoms with Crippen LogP contribution in [0.4, 0.5) is 0 Å². The topological polar surface area (TPSA) is 75.6 Å². The molecule has 0 saturated heterocycles. The molecule has 0 atom stereocenters. The van der Waals surface area contributed by atoms with Gasteiger partial charge in [-0.25, -0.2) is 4.79 Å². The average molecular weight is 319 g/mol. The zero-order chi connectivity index (χ0) is 17.0. The number of hydrogen-bond acceptors (Lipinski definition) is 3. The van der Waals surface area contributed by atoms with E-state index in [1.807, 2.05) is 32.0 Å². The molecule has 0 bridgehead atoms. The molecule has 2 N–H and O–H groups in total. The van der Waals surface area contributed by atoms with Gasteiger partial charge in [-0.05, 0) is 50.7 Å². The first-order valence-electron chi connectivity index (χ1n) is 7.99. The van der Waals surface area contributed by atoms with E-state index in [2.05, 4.69) is 5.32 Å². The number of ether oxygens (including phenoxy) is 1. The Morgan fingerprint density at radius 1 is 1.30 bits per heavy atom. The summed E-state index contributed by atoms with van der Waals surface area (Å²) in [5.41, 5.74) is 1.91. The monoisotopic (exact) mass is 319 g/mol. The highest BCUT2D eigenvalue weighted by atomic mass is 16.5. The number of amides is 1. The van der Waals surface area contributed by atoms with Crippen molar-refractivity contribution in [2.24, 2.45) is 0 Å². The third-order valence-corrected chi connectivity index (χ3v) is 4.76. The van der Waals surface area contributed by atoms with E-state index in [1.54, 1.807) is 7.11 Å². The molecule has 1 amide bonds. The lowest BCUT2D eigenvalue weighted by molar-refractivity contribution is -0.150. The molecular formula is C18H25NO4. The smallest absolute Gasteiger partial charge is 0.329 e. The number of methoxy groups -OCH3 is 1. The Morgan fingerprint density at radius 3 is 2.52 bits per heavy atom. The van der Waals surface area contributed by atoms with Crippen LogP contribution in [0.15, 0.2) is 18.2 Å². The summed E-state index contributed by atoms with van der Waals surface area (Å²) in [6.45, 7) is 3.93. The molecule has 1 saturated carbocycles. The predicted molar refractivity (Wildman–Crippen MR) is 87.4 cm³/mol. The number of carboxylic acids is 1. The van der Waals surface area contributed by atoms with E-state index in [-0.39, 0.29) is 18.4 Å². The zero-order valence-electron chi connectivity index (χ0n) is 14.0. The standard InChI is InChI=1S/C18H25NO4/c1-12-4-5-13(2)14(10-12)11-16(20)19-18(17(21)22)8-6-15(23-3)7-9-18/h4-5,10,15H,6-9,11H2,1-3H3,(H,19,20)(H,21,22)/t15-,18-. The number of carbonyl (C=O) groups is 2. The van der Waals surface area contributed by atoms with Gasteiger partial charge in [0.2, 0.25) is 5.91 Å². The Hall–Kier alpha value is -1.88. The summed E-state index contributed by atoms with van der Waals surface area (Å²) in [7, 11) is 1.64. The van der Waals surface area contributed by atoms with Crippen LogP contribution >= 0.6 is 0 Å². The summed E-state index contributed by atoms with van der Waals surface area (Å²) in [5.74, 6) is -1.20. The number of carbonyl (C=O) groups excluding carboxylic acids is 1. The first kappa shape index (κ1) is 17.5. The molecule has 0 radical (unpaired) electrons. The van der Waals surface area contributed by atoms with E-state index in [0.29, 0.717) is 25.7 Å². The van der Waals surface area contributed by atoms with Crippen molar-refractivity contribution in [1.82, 2.24) is 5.32 Å². The number of aliphatic carboxylic acids is 1. The van der Waals surface area contributed by atoms with Crippen LogP contribution in [0.25, 0.3) is 0 Å². The maximum absolute atomic E-state index is 12.4. The van der Waals surface area contributed by atoms with Gasteiger partial charge in [-0.2, -0.15) is 0 Å². The molecule has 126 valence electrons. The Kier molecular flexibility index (Phi) is 5.42. The van der Waals surface area contributed by atoms with Crippen LogP contribution in [0.3, 0.4) is 0 Å². The molecule has 0 unspecified atom stereocenters. The second-order valence-corrected chi connectivity index (χ2v) is 6.48. The van der Waals surface area contributed by atoms with Crippen molar-refractivity contribution in [3.63, 3.8) is 0 Å². The fraction of sp³-hybridized carbons (Fsp3) is 0.556. The third kappa shape index (κ3) is 4.10. The summed E-state index contributed by atoms with van der Waals surface area (Å²) < 4.78 is 5.29. The van der Waals surface area contributed by atoms with Crippen LogP contribution in [0.5, 0.6) is 0 Å². The molecule has 5 heteroatoms. The normalized spacial score (nSPS) is 24.2. The van der Waals surface area contributed by atoms with Crippen molar-refractivity contribution in [3.8, 4) is 0 Å². The van der Waals surface area contributed by atoms with Gasteiger partial charge >= 0.3 is 5.97 Å². The molecule has 23 heavy (non-hydrogen) atoms. The highest BCUT2D eigenvalue weighted by Gasteiger charge is 2.43. The van der Waals surface area contributed by atoms with Gasteiger partial charge in [-0.1, -0.05) is 23.8 Å². The van der Waals surface area contributed by atoms with E-state index < -0.39 is 11.5 Å². The van der Waals surface area contributed by atoms with E-state index in [0.717, 1.165) is 16.7 Å². The number of aryl methyl sites for hydroxylation is 2. The molecule has 1 aliphatic rings. The fourth-order valence-corrected chi connectivity index (χ4v) is 3.19. The van der Waals surface area contributed by atoms with Crippen LogP contribution in [-0.2, 0) is 20.7 Å². The Morgan fingerprint density at radius 2 is 1.96 bits per heavy atom. The third-order valence-electron chi connectivity index (χ3n) is 4.76. The minimum atomic E-state index is -1.16. The Bertz CT molecular complexity index is 589. The second-order valence-electron chi connectivity index (χ2n) is 6.48. The van der Waals surface area contributed by atoms with E-state index in [4.69, 9.17) is 4.74 Å². The minimum absolute atomic E-state index is 0.0818. The van der Waals surface area contributed by atoms with Gasteiger partial charge in [0.1, 0.15) is 5.54 Å². The van der Waals surface area contributed by atoms with Gasteiger partial charge in [0.05, 0.1) is 12.5 Å². The van der Waals surface area contributed by atoms with Crippen molar-refractivity contribution < 1.29 is 19.4 Å². The lowest BCUT2D eigenvalue weighted by atomic mass is 9.80. The molecule has 0 aliphatic heterocycles. The second kappa shape index (κ2) is 7.13. The predicted octanol–water partition coefficient (Wildman–Crippen LogP) is 2.37. The van der Waals surface area contributed by atoms with Crippen molar-refractivity contribution in [2.75, 3.05) is 7.11 Å². The van der Waals surface area contributed by atoms with Gasteiger partial charge in [0.15, 0.2) is 0 Å². The van der Waals surface area contributed by atoms with Crippen LogP contribution in [0, 0.1) is 13.8 Å². The van der Waals surface area contributed by atoms with Crippen molar-refractivity contribution in [1.29, 1.82) is 0 Å². The molecule has 0 heterocycles. The number of benzene rings is 1. The summed E-state index contributed by atoms with van der Waals surface area (Å²) in [5, 5.41) is 12.4. The van der Waals surface area contributed by atoms with Crippen molar-refractivity contribution in [2.45, 2.75) is 57.6 Å². The van der Waals surface area contributed by atoms with Crippen LogP contribution in [-0.4, -0.2) is 35.7 Å². The highest BCUT2D eigenvalue weighted by Crippen LogP contribution is 2.30. The molecule has 0 aromatic heterocycles. The Balaban J connectivity index is 2.07. The molecule has 0 spiro atoms. The molecule has 1 fully saturated rings. The van der Waals surface area contributed by atoms with Gasteiger partial charge in [0.25, 0.3) is 0 Å². The van der Waals surface area contributed by atoms with Crippen molar-refractivity contribution >= 4 is 11.9 Å². The van der Waals surface area contributed by atoms with Gasteiger partial charge < -0.3 is 15.2 Å². The van der Waals surface area contributed by atoms with E-state index in [1.165, 1.54) is 0 Å². The first-order valence-corrected chi connectivity index (χ1v) is 7.99. The number of rotatable bonds is 5. The SMILES string of the molecule is CO[C@H]1CC[C@@](NC(=O)Cc2cc(C)ccc2C)(C(=O)O)CC1. The van der Waals surface area contributed by atoms with Crippen LogP contribution in [0.1, 0.15) is 42.4 Å². The average Bonchev–Trinajstić information content (AvgIpc) is 2.51. The zero-order valence-corrected chi connectivity index (χ0v) is 14.0. The van der Waals surface area contributed by atoms with E-state index in [9.17, 15) is 14.7 Å². The van der Waals surface area contributed by atoms with Crippen molar-refractivity contribution in [3.05, 3.63) is 34.9 Å². The quantitative estimate of drug-likeness (QED) is 0.873. The molecular weight excluding hydrogens is 294 g/mol. The molecule has 5 nitrogen and oxygen atoms in total. The van der Waals surface area contributed by atoms with Crippen LogP contribution in [0.2, 0.25) is 0 Å². The Labute approximate surface area is 137 Å². The maximum atomic E-state index is 12.4. The molecule has 1 aliphatic carbocycles. The maximum Gasteiger partial charge on any atom is 0.329 e. The minimum Gasteiger partial charge on any atom is -0.480 e. The van der Waals surface area contributed by atoms with Gasteiger partial charge in [-0.15, -0.1) is 0 Å². The summed E-state index contributed by atoms with van der Waals surface area (Å²) in [6, 6.07) is 5.96. The fourth-order valence-electron chi connectivity index (χ4n) is 3.19. The molecule has 1 aromatic rings. The lowest BCUT2D eigenvalue weighted by Crippen LogP contribution is -2.57. The molecule has 2 rings (SSSR count). The van der Waals surface area contributed by atoms with Gasteiger partial charge in [0, 0.05) is 7.11 Å². The molecule has 1 aromatic carbocycles. The summed E-state index contributed by atoms with van der Waals surface area (Å²) >= 11 is 0. The largest absolute Gasteiger partial charge is 0.480 e. The number of carboxylic acid groups (broad SMARTS) is 1.